The van der Waals surface area contributed by atoms with Crippen LogP contribution in [0.5, 0.6) is 0 Å². The lowest BCUT2D eigenvalue weighted by Gasteiger charge is -2.14. The number of ether oxygens (including phenoxy) is 1. The molecular formula is C15H18N2O3S. The van der Waals surface area contributed by atoms with Crippen molar-refractivity contribution in [2.45, 2.75) is 11.5 Å². The summed E-state index contributed by atoms with van der Waals surface area (Å²) >= 11 is 0. The molecule has 0 aromatic heterocycles. The molecule has 0 bridgehead atoms. The van der Waals surface area contributed by atoms with Crippen molar-refractivity contribution in [1.29, 1.82) is 0 Å². The summed E-state index contributed by atoms with van der Waals surface area (Å²) in [6, 6.07) is 12.3. The molecule has 0 saturated carbocycles. The highest BCUT2D eigenvalue weighted by Gasteiger charge is 2.10. The topological polar surface area (TPSA) is 81.4 Å². The van der Waals surface area contributed by atoms with Gasteiger partial charge >= 0.3 is 0 Å². The number of nitrogens with two attached hydrogens (primary N) is 1. The van der Waals surface area contributed by atoms with Crippen LogP contribution in [0.25, 0.3) is 0 Å². The summed E-state index contributed by atoms with van der Waals surface area (Å²) in [6.07, 6.45) is 1.16. The van der Waals surface area contributed by atoms with Crippen LogP contribution in [0.15, 0.2) is 47.4 Å². The summed E-state index contributed by atoms with van der Waals surface area (Å²) in [6.45, 7) is 0.477. The fourth-order valence-corrected chi connectivity index (χ4v) is 2.61. The summed E-state index contributed by atoms with van der Waals surface area (Å²) in [5.74, 6) is 0. The van der Waals surface area contributed by atoms with Gasteiger partial charge in [0.1, 0.15) is 0 Å². The average molecular weight is 306 g/mol. The molecule has 2 aromatic rings. The quantitative estimate of drug-likeness (QED) is 0.830. The Hall–Kier alpha value is -2.05. The molecule has 0 fully saturated rings. The normalized spacial score (nSPS) is 11.3. The van der Waals surface area contributed by atoms with Crippen molar-refractivity contribution in [3.05, 3.63) is 48.0 Å². The van der Waals surface area contributed by atoms with Crippen LogP contribution >= 0.6 is 0 Å². The van der Waals surface area contributed by atoms with Crippen molar-refractivity contribution >= 4 is 26.9 Å². The number of hydrogen-bond acceptors (Lipinski definition) is 5. The zero-order valence-electron chi connectivity index (χ0n) is 12.0. The molecule has 0 saturated heterocycles. The number of nitrogens with one attached hydrogen (secondary N) is 1. The summed E-state index contributed by atoms with van der Waals surface area (Å²) in [7, 11) is -1.63. The Bertz CT molecular complexity index is 742. The molecular weight excluding hydrogens is 288 g/mol. The molecule has 0 aliphatic carbocycles. The van der Waals surface area contributed by atoms with E-state index >= 15 is 0 Å². The van der Waals surface area contributed by atoms with Crippen molar-refractivity contribution in [1.82, 2.24) is 0 Å². The number of anilines is 3. The van der Waals surface area contributed by atoms with E-state index in [1.807, 2.05) is 24.3 Å². The van der Waals surface area contributed by atoms with Crippen LogP contribution in [0.1, 0.15) is 5.56 Å². The average Bonchev–Trinajstić information content (AvgIpc) is 2.42. The molecule has 0 spiro atoms. The van der Waals surface area contributed by atoms with Gasteiger partial charge in [0.15, 0.2) is 9.84 Å². The molecule has 0 radical (unpaired) electrons. The lowest BCUT2D eigenvalue weighted by atomic mass is 10.1. The minimum atomic E-state index is -3.26. The van der Waals surface area contributed by atoms with Gasteiger partial charge in [-0.25, -0.2) is 8.42 Å². The summed E-state index contributed by atoms with van der Waals surface area (Å²) < 4.78 is 28.2. The van der Waals surface area contributed by atoms with Gasteiger partial charge in [0.25, 0.3) is 0 Å². The predicted octanol–water partition coefficient (Wildman–Crippen LogP) is 2.56. The molecule has 6 heteroatoms. The van der Waals surface area contributed by atoms with E-state index in [0.29, 0.717) is 18.0 Å². The highest BCUT2D eigenvalue weighted by Crippen LogP contribution is 2.27. The second-order valence-corrected chi connectivity index (χ2v) is 6.75. The zero-order chi connectivity index (χ0) is 15.5. The van der Waals surface area contributed by atoms with Gasteiger partial charge in [0, 0.05) is 24.6 Å². The Kier molecular flexibility index (Phi) is 4.50. The van der Waals surface area contributed by atoms with Crippen molar-refractivity contribution in [2.75, 3.05) is 24.4 Å². The lowest BCUT2D eigenvalue weighted by Crippen LogP contribution is -2.03. The van der Waals surface area contributed by atoms with Gasteiger partial charge in [-0.1, -0.05) is 18.2 Å². The molecule has 2 aromatic carbocycles. The van der Waals surface area contributed by atoms with Gasteiger partial charge < -0.3 is 15.8 Å². The zero-order valence-corrected chi connectivity index (χ0v) is 12.8. The molecule has 2 rings (SSSR count). The fraction of sp³-hybridized carbons (Fsp3) is 0.200. The maximum atomic E-state index is 11.5. The fourth-order valence-electron chi connectivity index (χ4n) is 1.95. The Morgan fingerprint density at radius 3 is 2.48 bits per heavy atom. The molecule has 0 aliphatic heterocycles. The van der Waals surface area contributed by atoms with Crippen molar-refractivity contribution in [2.24, 2.45) is 0 Å². The second-order valence-electron chi connectivity index (χ2n) is 4.74. The third-order valence-corrected chi connectivity index (χ3v) is 4.15. The second kappa shape index (κ2) is 6.15. The van der Waals surface area contributed by atoms with E-state index in [1.165, 1.54) is 12.1 Å². The van der Waals surface area contributed by atoms with Crippen LogP contribution in [0.2, 0.25) is 0 Å². The first-order valence-electron chi connectivity index (χ1n) is 6.35. The van der Waals surface area contributed by atoms with Crippen LogP contribution in [0.3, 0.4) is 0 Å². The highest BCUT2D eigenvalue weighted by atomic mass is 32.2. The van der Waals surface area contributed by atoms with Crippen LogP contribution in [-0.2, 0) is 21.2 Å². The molecule has 0 heterocycles. The van der Waals surface area contributed by atoms with E-state index in [1.54, 1.807) is 13.2 Å². The highest BCUT2D eigenvalue weighted by molar-refractivity contribution is 7.90. The van der Waals surface area contributed by atoms with Crippen LogP contribution in [0, 0.1) is 0 Å². The Morgan fingerprint density at radius 1 is 1.14 bits per heavy atom. The number of nitrogen functional groups attached to an aromatic ring is 1. The van der Waals surface area contributed by atoms with Gasteiger partial charge in [-0.2, -0.15) is 0 Å². The molecule has 0 aliphatic rings. The molecule has 5 nitrogen and oxygen atoms in total. The van der Waals surface area contributed by atoms with E-state index < -0.39 is 9.84 Å². The first kappa shape index (κ1) is 15.3. The first-order valence-corrected chi connectivity index (χ1v) is 8.24. The van der Waals surface area contributed by atoms with E-state index in [0.717, 1.165) is 17.5 Å². The Labute approximate surface area is 124 Å². The summed E-state index contributed by atoms with van der Waals surface area (Å²) in [5.41, 5.74) is 8.84. The van der Waals surface area contributed by atoms with Crippen LogP contribution in [-0.4, -0.2) is 21.8 Å². The molecule has 112 valence electrons. The summed E-state index contributed by atoms with van der Waals surface area (Å²) in [4.78, 5) is 0.204. The maximum Gasteiger partial charge on any atom is 0.175 e. The third-order valence-electron chi connectivity index (χ3n) is 3.04. The lowest BCUT2D eigenvalue weighted by molar-refractivity contribution is 0.185. The van der Waals surface area contributed by atoms with Gasteiger partial charge in [-0.05, 0) is 24.3 Å². The standard InChI is InChI=1S/C15H18N2O3S/c1-20-10-11-5-3-4-6-14(11)17-15-8-7-12(9-13(15)16)21(2,18)19/h3-9,17H,10,16H2,1-2H3. The van der Waals surface area contributed by atoms with Crippen molar-refractivity contribution < 1.29 is 13.2 Å². The van der Waals surface area contributed by atoms with Crippen LogP contribution < -0.4 is 11.1 Å². The number of benzene rings is 2. The smallest absolute Gasteiger partial charge is 0.175 e. The first-order chi connectivity index (χ1) is 9.91. The molecule has 3 N–H and O–H groups in total. The minimum Gasteiger partial charge on any atom is -0.397 e. The van der Waals surface area contributed by atoms with E-state index in [-0.39, 0.29) is 4.90 Å². The molecule has 0 amide bonds. The Morgan fingerprint density at radius 2 is 1.86 bits per heavy atom. The van der Waals surface area contributed by atoms with Gasteiger partial charge in [-0.15, -0.1) is 0 Å². The minimum absolute atomic E-state index is 0.204. The molecule has 0 unspecified atom stereocenters. The third kappa shape index (κ3) is 3.74. The van der Waals surface area contributed by atoms with Crippen molar-refractivity contribution in [3.63, 3.8) is 0 Å². The number of hydrogen-bond donors (Lipinski definition) is 2. The number of methoxy groups -OCH3 is 1. The maximum absolute atomic E-state index is 11.5. The van der Waals surface area contributed by atoms with Gasteiger partial charge in [0.2, 0.25) is 0 Å². The van der Waals surface area contributed by atoms with Gasteiger partial charge in [0.05, 0.1) is 22.9 Å². The van der Waals surface area contributed by atoms with Gasteiger partial charge in [-0.3, -0.25) is 0 Å². The monoisotopic (exact) mass is 306 g/mol. The largest absolute Gasteiger partial charge is 0.397 e. The van der Waals surface area contributed by atoms with Crippen molar-refractivity contribution in [3.8, 4) is 0 Å². The number of sulfone groups is 1. The van der Waals surface area contributed by atoms with E-state index in [9.17, 15) is 8.42 Å². The molecule has 0 atom stereocenters. The number of para-hydroxylation sites is 1. The predicted molar refractivity (Wildman–Crippen MR) is 84.4 cm³/mol. The van der Waals surface area contributed by atoms with Crippen LogP contribution in [0.4, 0.5) is 17.1 Å². The van der Waals surface area contributed by atoms with E-state index in [2.05, 4.69) is 5.32 Å². The number of rotatable bonds is 5. The van der Waals surface area contributed by atoms with E-state index in [4.69, 9.17) is 10.5 Å². The summed E-state index contributed by atoms with van der Waals surface area (Å²) in [5, 5.41) is 3.20. The molecule has 21 heavy (non-hydrogen) atoms. The SMILES string of the molecule is COCc1ccccc1Nc1ccc(S(C)(=O)=O)cc1N. The Balaban J connectivity index is 2.33.